The van der Waals surface area contributed by atoms with Gasteiger partial charge in [-0.2, -0.15) is 0 Å². The predicted molar refractivity (Wildman–Crippen MR) is 129 cm³/mol. The van der Waals surface area contributed by atoms with Crippen molar-refractivity contribution in [3.05, 3.63) is 77.9 Å². The number of hydrogen-bond donors (Lipinski definition) is 2. The van der Waals surface area contributed by atoms with Gasteiger partial charge in [0.1, 0.15) is 11.5 Å². The number of amides is 2. The fraction of sp³-hybridized carbons (Fsp3) is 0.167. The number of para-hydroxylation sites is 2. The van der Waals surface area contributed by atoms with Crippen LogP contribution in [0.1, 0.15) is 15.9 Å². The fourth-order valence-electron chi connectivity index (χ4n) is 3.20. The largest absolute Gasteiger partial charge is 0.495 e. The van der Waals surface area contributed by atoms with Crippen molar-refractivity contribution in [3.8, 4) is 11.5 Å². The number of ether oxygens (including phenoxy) is 2. The summed E-state index contributed by atoms with van der Waals surface area (Å²) in [5.74, 6) is -0.372. The molecule has 3 aromatic rings. The quantitative estimate of drug-likeness (QED) is 0.482. The molecule has 0 spiro atoms. The van der Waals surface area contributed by atoms with E-state index in [4.69, 9.17) is 15.2 Å². The highest BCUT2D eigenvalue weighted by Crippen LogP contribution is 2.31. The number of sulfonamides is 1. The van der Waals surface area contributed by atoms with Crippen molar-refractivity contribution in [2.45, 2.75) is 11.8 Å². The van der Waals surface area contributed by atoms with Gasteiger partial charge in [-0.3, -0.25) is 13.9 Å². The molecule has 34 heavy (non-hydrogen) atoms. The number of hydrogen-bond acceptors (Lipinski definition) is 6. The first-order valence-corrected chi connectivity index (χ1v) is 11.6. The van der Waals surface area contributed by atoms with Gasteiger partial charge in [-0.25, -0.2) is 8.42 Å². The van der Waals surface area contributed by atoms with Crippen LogP contribution in [0, 0.1) is 6.92 Å². The van der Waals surface area contributed by atoms with Gasteiger partial charge in [-0.1, -0.05) is 24.3 Å². The van der Waals surface area contributed by atoms with Crippen molar-refractivity contribution in [2.75, 3.05) is 30.4 Å². The topological polar surface area (TPSA) is 128 Å². The lowest BCUT2D eigenvalue weighted by Gasteiger charge is -2.22. The summed E-state index contributed by atoms with van der Waals surface area (Å²) in [6.45, 7) is 1.41. The van der Waals surface area contributed by atoms with E-state index in [0.29, 0.717) is 28.4 Å². The number of nitrogens with zero attached hydrogens (tertiary/aromatic N) is 1. The third-order valence-corrected chi connectivity index (χ3v) is 6.78. The first-order valence-electron chi connectivity index (χ1n) is 10.2. The van der Waals surface area contributed by atoms with Crippen LogP contribution in [0.15, 0.2) is 71.6 Å². The maximum absolute atomic E-state index is 13.3. The monoisotopic (exact) mass is 483 g/mol. The molecule has 0 aliphatic heterocycles. The molecule has 3 aromatic carbocycles. The van der Waals surface area contributed by atoms with Crippen LogP contribution >= 0.6 is 0 Å². The molecule has 0 aliphatic rings. The van der Waals surface area contributed by atoms with Crippen LogP contribution in [0.2, 0.25) is 0 Å². The van der Waals surface area contributed by atoms with Crippen molar-refractivity contribution in [1.82, 2.24) is 0 Å². The second kappa shape index (κ2) is 10.3. The van der Waals surface area contributed by atoms with Crippen LogP contribution in [0.3, 0.4) is 0 Å². The molecule has 0 aromatic heterocycles. The highest BCUT2D eigenvalue weighted by molar-refractivity contribution is 7.92. The van der Waals surface area contributed by atoms with E-state index in [9.17, 15) is 18.0 Å². The molecule has 2 amide bonds. The number of primary amides is 1. The maximum Gasteiger partial charge on any atom is 0.264 e. The Bertz CT molecular complexity index is 1320. The molecule has 0 atom stereocenters. The summed E-state index contributed by atoms with van der Waals surface area (Å²) in [7, 11) is -1.10. The van der Waals surface area contributed by atoms with Crippen molar-refractivity contribution in [1.29, 1.82) is 0 Å². The molecule has 0 heterocycles. The summed E-state index contributed by atoms with van der Waals surface area (Å²) in [4.78, 5) is 23.8. The van der Waals surface area contributed by atoms with Crippen LogP contribution in [0.25, 0.3) is 0 Å². The Morgan fingerprint density at radius 3 is 2.47 bits per heavy atom. The SMILES string of the molecule is COc1ccccc1N(C)S(=O)(=O)c1ccc(C)c(C(=O)Nc2cccc(OCC(N)=O)c2)c1. The van der Waals surface area contributed by atoms with Crippen LogP contribution in [-0.2, 0) is 14.8 Å². The number of nitrogens with one attached hydrogen (secondary N) is 1. The zero-order valence-corrected chi connectivity index (χ0v) is 19.8. The van der Waals surface area contributed by atoms with Crippen molar-refractivity contribution in [3.63, 3.8) is 0 Å². The molecule has 0 fully saturated rings. The molecule has 0 saturated carbocycles. The molecule has 3 N–H and O–H groups in total. The Morgan fingerprint density at radius 2 is 1.76 bits per heavy atom. The highest BCUT2D eigenvalue weighted by atomic mass is 32.2. The molecule has 9 nitrogen and oxygen atoms in total. The lowest BCUT2D eigenvalue weighted by Crippen LogP contribution is -2.27. The zero-order chi connectivity index (χ0) is 24.9. The number of carbonyl (C=O) groups excluding carboxylic acids is 2. The van der Waals surface area contributed by atoms with Crippen LogP contribution < -0.4 is 24.8 Å². The molecule has 3 rings (SSSR count). The summed E-state index contributed by atoms with van der Waals surface area (Å²) < 4.78 is 38.2. The summed E-state index contributed by atoms with van der Waals surface area (Å²) >= 11 is 0. The molecule has 0 unspecified atom stereocenters. The molecule has 178 valence electrons. The van der Waals surface area contributed by atoms with Gasteiger partial charge in [0, 0.05) is 24.4 Å². The van der Waals surface area contributed by atoms with Crippen molar-refractivity contribution >= 4 is 33.2 Å². The van der Waals surface area contributed by atoms with Gasteiger partial charge in [0.15, 0.2) is 6.61 Å². The Labute approximate surface area is 198 Å². The van der Waals surface area contributed by atoms with E-state index < -0.39 is 21.8 Å². The van der Waals surface area contributed by atoms with Gasteiger partial charge in [0.25, 0.3) is 21.8 Å². The second-order valence-electron chi connectivity index (χ2n) is 7.36. The van der Waals surface area contributed by atoms with E-state index in [2.05, 4.69) is 5.32 Å². The Morgan fingerprint density at radius 1 is 1.03 bits per heavy atom. The van der Waals surface area contributed by atoms with E-state index >= 15 is 0 Å². The number of anilines is 2. The lowest BCUT2D eigenvalue weighted by molar-refractivity contribution is -0.119. The van der Waals surface area contributed by atoms with E-state index in [1.165, 1.54) is 32.4 Å². The standard InChI is InChI=1S/C24H25N3O6S/c1-16-11-12-19(34(30,31)27(2)21-9-4-5-10-22(21)32-3)14-20(16)24(29)26-17-7-6-8-18(13-17)33-15-23(25)28/h4-14H,15H2,1-3H3,(H2,25,28)(H,26,29). The minimum absolute atomic E-state index is 0.0461. The molecule has 0 bridgehead atoms. The smallest absolute Gasteiger partial charge is 0.264 e. The summed E-state index contributed by atoms with van der Waals surface area (Å²) in [6.07, 6.45) is 0. The third-order valence-electron chi connectivity index (χ3n) is 5.01. The summed E-state index contributed by atoms with van der Waals surface area (Å²) in [6, 6.07) is 17.5. The highest BCUT2D eigenvalue weighted by Gasteiger charge is 2.25. The number of rotatable bonds is 9. The van der Waals surface area contributed by atoms with Gasteiger partial charge in [-0.05, 0) is 48.9 Å². The average Bonchev–Trinajstić information content (AvgIpc) is 2.82. The average molecular weight is 484 g/mol. The van der Waals surface area contributed by atoms with Gasteiger partial charge >= 0.3 is 0 Å². The van der Waals surface area contributed by atoms with Crippen LogP contribution in [-0.4, -0.2) is 41.0 Å². The summed E-state index contributed by atoms with van der Waals surface area (Å²) in [5.41, 5.74) is 6.64. The van der Waals surface area contributed by atoms with E-state index in [1.807, 2.05) is 0 Å². The van der Waals surface area contributed by atoms with Gasteiger partial charge in [0.05, 0.1) is 17.7 Å². The minimum Gasteiger partial charge on any atom is -0.495 e. The number of carbonyl (C=O) groups is 2. The van der Waals surface area contributed by atoms with E-state index in [-0.39, 0.29) is 17.1 Å². The Hall–Kier alpha value is -4.05. The number of methoxy groups -OCH3 is 1. The molecule has 0 aliphatic carbocycles. The molecular weight excluding hydrogens is 458 g/mol. The minimum atomic E-state index is -3.98. The Kier molecular flexibility index (Phi) is 7.42. The van der Waals surface area contributed by atoms with E-state index in [0.717, 1.165) is 4.31 Å². The molecule has 0 radical (unpaired) electrons. The van der Waals surface area contributed by atoms with E-state index in [1.54, 1.807) is 55.5 Å². The normalized spacial score (nSPS) is 10.9. The van der Waals surface area contributed by atoms with Crippen molar-refractivity contribution < 1.29 is 27.5 Å². The van der Waals surface area contributed by atoms with Gasteiger partial charge in [0.2, 0.25) is 0 Å². The Balaban J connectivity index is 1.88. The number of benzene rings is 3. The maximum atomic E-state index is 13.3. The number of aryl methyl sites for hydroxylation is 1. The second-order valence-corrected chi connectivity index (χ2v) is 9.33. The first-order chi connectivity index (χ1) is 16.1. The third kappa shape index (κ3) is 5.46. The molecular formula is C24H25N3O6S. The van der Waals surface area contributed by atoms with Gasteiger partial charge in [-0.15, -0.1) is 0 Å². The van der Waals surface area contributed by atoms with Crippen molar-refractivity contribution in [2.24, 2.45) is 5.73 Å². The fourth-order valence-corrected chi connectivity index (χ4v) is 4.43. The first kappa shape index (κ1) is 24.6. The molecule has 10 heteroatoms. The summed E-state index contributed by atoms with van der Waals surface area (Å²) in [5, 5.41) is 2.72. The number of nitrogens with two attached hydrogens (primary N) is 1. The van der Waals surface area contributed by atoms with Crippen LogP contribution in [0.5, 0.6) is 11.5 Å². The van der Waals surface area contributed by atoms with Gasteiger partial charge < -0.3 is 20.5 Å². The lowest BCUT2D eigenvalue weighted by atomic mass is 10.1. The molecule has 0 saturated heterocycles. The van der Waals surface area contributed by atoms with Crippen LogP contribution in [0.4, 0.5) is 11.4 Å². The predicted octanol–water partition coefficient (Wildman–Crippen LogP) is 2.95. The zero-order valence-electron chi connectivity index (χ0n) is 18.9.